The number of halogens is 2. The van der Waals surface area contributed by atoms with Crippen LogP contribution in [0.5, 0.6) is 0 Å². The number of hydrogen-bond donors (Lipinski definition) is 1. The third-order valence-electron chi connectivity index (χ3n) is 4.88. The Morgan fingerprint density at radius 1 is 1.27 bits per heavy atom. The predicted molar refractivity (Wildman–Crippen MR) is 101 cm³/mol. The van der Waals surface area contributed by atoms with Gasteiger partial charge in [-0.1, -0.05) is 23.2 Å². The van der Waals surface area contributed by atoms with Crippen molar-refractivity contribution in [1.29, 1.82) is 0 Å². The van der Waals surface area contributed by atoms with E-state index in [0.29, 0.717) is 27.8 Å². The van der Waals surface area contributed by atoms with E-state index in [-0.39, 0.29) is 23.5 Å². The van der Waals surface area contributed by atoms with Crippen LogP contribution in [0.2, 0.25) is 10.0 Å². The highest BCUT2D eigenvalue weighted by atomic mass is 35.5. The first kappa shape index (κ1) is 17.8. The molecule has 0 bridgehead atoms. The molecule has 9 heteroatoms. The second-order valence-corrected chi connectivity index (χ2v) is 9.78. The lowest BCUT2D eigenvalue weighted by molar-refractivity contribution is 0.101. The van der Waals surface area contributed by atoms with Crippen molar-refractivity contribution < 1.29 is 13.2 Å². The van der Waals surface area contributed by atoms with Gasteiger partial charge in [0, 0.05) is 10.6 Å². The number of hydrogen-bond acceptors (Lipinski definition) is 4. The van der Waals surface area contributed by atoms with Crippen molar-refractivity contribution in [2.24, 2.45) is 0 Å². The average Bonchev–Trinajstić information content (AvgIpc) is 3.23. The van der Waals surface area contributed by atoms with E-state index in [9.17, 15) is 13.2 Å². The third-order valence-corrected chi connectivity index (χ3v) is 7.19. The van der Waals surface area contributed by atoms with E-state index >= 15 is 0 Å². The standard InChI is InChI=1S/C17H17Cl2N3O3S/c18-10-4-5-13(19)15(8-10)20-17(23)16-12-2-1-3-14(12)21-22(16)11-6-7-26(24,25)9-11/h4-5,8,11H,1-3,6-7,9H2,(H,20,23)/t11-/m0/s1. The molecule has 0 saturated carbocycles. The summed E-state index contributed by atoms with van der Waals surface area (Å²) in [5.41, 5.74) is 2.65. The van der Waals surface area contributed by atoms with Crippen LogP contribution in [0, 0.1) is 0 Å². The van der Waals surface area contributed by atoms with Gasteiger partial charge in [0.15, 0.2) is 9.84 Å². The minimum absolute atomic E-state index is 0.0196. The Balaban J connectivity index is 1.71. The Labute approximate surface area is 161 Å². The Bertz CT molecular complexity index is 1000. The predicted octanol–water partition coefficient (Wildman–Crippen LogP) is 3.29. The molecule has 1 amide bonds. The molecule has 1 fully saturated rings. The van der Waals surface area contributed by atoms with Gasteiger partial charge in [0.2, 0.25) is 0 Å². The summed E-state index contributed by atoms with van der Waals surface area (Å²) in [6.07, 6.45) is 2.99. The van der Waals surface area contributed by atoms with Crippen LogP contribution in [0.3, 0.4) is 0 Å². The van der Waals surface area contributed by atoms with Gasteiger partial charge in [0.25, 0.3) is 5.91 Å². The van der Waals surface area contributed by atoms with Gasteiger partial charge in [0.05, 0.1) is 34.0 Å². The van der Waals surface area contributed by atoms with E-state index < -0.39 is 9.84 Å². The largest absolute Gasteiger partial charge is 0.319 e. The SMILES string of the molecule is O=C(Nc1cc(Cl)ccc1Cl)c1c2c(nn1[C@H]1CCS(=O)(=O)C1)CCC2. The van der Waals surface area contributed by atoms with E-state index in [1.54, 1.807) is 22.9 Å². The molecule has 2 aliphatic rings. The number of fused-ring (bicyclic) bond motifs is 1. The first-order valence-corrected chi connectivity index (χ1v) is 11.0. The normalized spacial score (nSPS) is 20.9. The number of amides is 1. The smallest absolute Gasteiger partial charge is 0.274 e. The Morgan fingerprint density at radius 3 is 2.81 bits per heavy atom. The Kier molecular flexibility index (Phi) is 4.49. The Hall–Kier alpha value is -1.57. The van der Waals surface area contributed by atoms with Crippen molar-refractivity contribution >= 4 is 44.6 Å². The number of nitrogens with zero attached hydrogens (tertiary/aromatic N) is 2. The molecule has 1 aromatic carbocycles. The maximum Gasteiger partial charge on any atom is 0.274 e. The minimum atomic E-state index is -3.08. The van der Waals surface area contributed by atoms with Gasteiger partial charge in [-0.15, -0.1) is 0 Å². The molecule has 1 aliphatic heterocycles. The fraction of sp³-hybridized carbons (Fsp3) is 0.412. The molecule has 1 atom stereocenters. The van der Waals surface area contributed by atoms with Crippen molar-refractivity contribution in [3.05, 3.63) is 45.2 Å². The lowest BCUT2D eigenvalue weighted by Crippen LogP contribution is -2.23. The quantitative estimate of drug-likeness (QED) is 0.836. The lowest BCUT2D eigenvalue weighted by Gasteiger charge is -2.15. The molecule has 0 radical (unpaired) electrons. The summed E-state index contributed by atoms with van der Waals surface area (Å²) in [6.45, 7) is 0. The van der Waals surface area contributed by atoms with Gasteiger partial charge in [-0.2, -0.15) is 5.10 Å². The van der Waals surface area contributed by atoms with Crippen LogP contribution in [0.25, 0.3) is 0 Å². The number of nitrogens with one attached hydrogen (secondary N) is 1. The van der Waals surface area contributed by atoms with Crippen molar-refractivity contribution in [2.75, 3.05) is 16.8 Å². The van der Waals surface area contributed by atoms with Gasteiger partial charge in [-0.05, 0) is 43.9 Å². The van der Waals surface area contributed by atoms with Crippen LogP contribution in [-0.2, 0) is 22.7 Å². The molecule has 1 N–H and O–H groups in total. The summed E-state index contributed by atoms with van der Waals surface area (Å²) in [7, 11) is -3.08. The van der Waals surface area contributed by atoms with E-state index in [2.05, 4.69) is 10.4 Å². The topological polar surface area (TPSA) is 81.1 Å². The fourth-order valence-electron chi connectivity index (χ4n) is 3.66. The van der Waals surface area contributed by atoms with Crippen LogP contribution in [-0.4, -0.2) is 35.6 Å². The average molecular weight is 414 g/mol. The lowest BCUT2D eigenvalue weighted by atomic mass is 10.1. The first-order chi connectivity index (χ1) is 12.3. The summed E-state index contributed by atoms with van der Waals surface area (Å²) >= 11 is 12.1. The molecule has 1 aromatic heterocycles. The molecule has 0 unspecified atom stereocenters. The molecular formula is C17H17Cl2N3O3S. The molecular weight excluding hydrogens is 397 g/mol. The molecule has 4 rings (SSSR count). The van der Waals surface area contributed by atoms with Gasteiger partial charge in [-0.3, -0.25) is 9.48 Å². The monoisotopic (exact) mass is 413 g/mol. The second kappa shape index (κ2) is 6.55. The van der Waals surface area contributed by atoms with Crippen LogP contribution in [0.1, 0.15) is 40.6 Å². The zero-order valence-electron chi connectivity index (χ0n) is 13.8. The highest BCUT2D eigenvalue weighted by Crippen LogP contribution is 2.32. The second-order valence-electron chi connectivity index (χ2n) is 6.71. The van der Waals surface area contributed by atoms with Gasteiger partial charge in [-0.25, -0.2) is 8.42 Å². The third kappa shape index (κ3) is 3.23. The van der Waals surface area contributed by atoms with Crippen molar-refractivity contribution in [3.63, 3.8) is 0 Å². The van der Waals surface area contributed by atoms with Gasteiger partial charge >= 0.3 is 0 Å². The van der Waals surface area contributed by atoms with E-state index in [4.69, 9.17) is 23.2 Å². The highest BCUT2D eigenvalue weighted by molar-refractivity contribution is 7.91. The number of carbonyl (C=O) groups is 1. The van der Waals surface area contributed by atoms with Crippen molar-refractivity contribution in [2.45, 2.75) is 31.7 Å². The fourth-order valence-corrected chi connectivity index (χ4v) is 5.69. The molecule has 1 aliphatic carbocycles. The maximum absolute atomic E-state index is 13.0. The summed E-state index contributed by atoms with van der Waals surface area (Å²) in [5, 5.41) is 8.22. The zero-order valence-corrected chi connectivity index (χ0v) is 16.2. The molecule has 2 aromatic rings. The molecule has 26 heavy (non-hydrogen) atoms. The van der Waals surface area contributed by atoms with Crippen molar-refractivity contribution in [3.8, 4) is 0 Å². The maximum atomic E-state index is 13.0. The number of carbonyl (C=O) groups excluding carboxylic acids is 1. The van der Waals surface area contributed by atoms with E-state index in [0.717, 1.165) is 30.5 Å². The molecule has 6 nitrogen and oxygen atoms in total. The molecule has 138 valence electrons. The molecule has 1 saturated heterocycles. The van der Waals surface area contributed by atoms with Gasteiger partial charge < -0.3 is 5.32 Å². The van der Waals surface area contributed by atoms with Crippen LogP contribution < -0.4 is 5.32 Å². The highest BCUT2D eigenvalue weighted by Gasteiger charge is 2.35. The van der Waals surface area contributed by atoms with Gasteiger partial charge in [0.1, 0.15) is 5.69 Å². The van der Waals surface area contributed by atoms with Crippen LogP contribution in [0.15, 0.2) is 18.2 Å². The van der Waals surface area contributed by atoms with Crippen LogP contribution >= 0.6 is 23.2 Å². The summed E-state index contributed by atoms with van der Waals surface area (Å²) in [5.74, 6) is -0.191. The van der Waals surface area contributed by atoms with Crippen LogP contribution in [0.4, 0.5) is 5.69 Å². The number of anilines is 1. The molecule has 2 heterocycles. The Morgan fingerprint density at radius 2 is 2.08 bits per heavy atom. The minimum Gasteiger partial charge on any atom is -0.319 e. The number of aromatic nitrogens is 2. The summed E-state index contributed by atoms with van der Waals surface area (Å²) < 4.78 is 25.4. The van der Waals surface area contributed by atoms with Crippen molar-refractivity contribution in [1.82, 2.24) is 9.78 Å². The molecule has 0 spiro atoms. The number of benzene rings is 1. The number of aryl methyl sites for hydroxylation is 1. The van der Waals surface area contributed by atoms with E-state index in [1.807, 2.05) is 0 Å². The number of sulfone groups is 1. The van der Waals surface area contributed by atoms with E-state index in [1.165, 1.54) is 0 Å². The summed E-state index contributed by atoms with van der Waals surface area (Å²) in [4.78, 5) is 13.0. The summed E-state index contributed by atoms with van der Waals surface area (Å²) in [6, 6.07) is 4.54. The number of rotatable bonds is 3. The zero-order chi connectivity index (χ0) is 18.5. The first-order valence-electron chi connectivity index (χ1n) is 8.41.